The summed E-state index contributed by atoms with van der Waals surface area (Å²) in [6.07, 6.45) is 10.8. The summed E-state index contributed by atoms with van der Waals surface area (Å²) in [6.45, 7) is 6.52. The van der Waals surface area contributed by atoms with E-state index in [9.17, 15) is 19.2 Å². The van der Waals surface area contributed by atoms with Crippen molar-refractivity contribution in [2.24, 2.45) is 0 Å². The highest BCUT2D eigenvalue weighted by Crippen LogP contribution is 2.29. The van der Waals surface area contributed by atoms with Crippen LogP contribution in [-0.4, -0.2) is 36.3 Å². The molecule has 4 rings (SSSR count). The van der Waals surface area contributed by atoms with Gasteiger partial charge in [0, 0.05) is 29.8 Å². The Kier molecular flexibility index (Phi) is 10.6. The van der Waals surface area contributed by atoms with Crippen molar-refractivity contribution >= 4 is 34.9 Å². The fraction of sp³-hybridized carbons (Fsp3) is 0.290. The number of carbonyl (C=O) groups excluding carboxylic acids is 4. The molecular weight excluding hydrogens is 496 g/mol. The van der Waals surface area contributed by atoms with Gasteiger partial charge in [-0.3, -0.25) is 9.59 Å². The molecule has 2 aliphatic heterocycles. The fourth-order valence-corrected chi connectivity index (χ4v) is 4.06. The number of esters is 2. The zero-order valence-corrected chi connectivity index (χ0v) is 22.3. The molecule has 0 bridgehead atoms. The van der Waals surface area contributed by atoms with Crippen molar-refractivity contribution in [2.75, 3.05) is 6.54 Å². The lowest BCUT2D eigenvalue weighted by molar-refractivity contribution is -0.133. The molecule has 2 amide bonds. The van der Waals surface area contributed by atoms with Crippen LogP contribution in [0.5, 0.6) is 0 Å². The number of fused-ring (bicyclic) bond motifs is 2. The average Bonchev–Trinajstić information content (AvgIpc) is 2.95. The molecular formula is C31H32N2O6. The third kappa shape index (κ3) is 7.68. The Balaban J connectivity index is 0.000000983. The second kappa shape index (κ2) is 14.3. The van der Waals surface area contributed by atoms with E-state index in [1.807, 2.05) is 6.92 Å². The predicted molar refractivity (Wildman–Crippen MR) is 148 cm³/mol. The quantitative estimate of drug-likeness (QED) is 0.333. The number of carbonyl (C=O) groups is 4. The van der Waals surface area contributed by atoms with E-state index >= 15 is 0 Å². The van der Waals surface area contributed by atoms with Crippen molar-refractivity contribution in [3.63, 3.8) is 0 Å². The van der Waals surface area contributed by atoms with Crippen molar-refractivity contribution in [1.82, 2.24) is 10.6 Å². The van der Waals surface area contributed by atoms with Gasteiger partial charge >= 0.3 is 11.9 Å². The van der Waals surface area contributed by atoms with Crippen LogP contribution in [0.4, 0.5) is 0 Å². The number of nitrogens with one attached hydrogen (secondary N) is 2. The van der Waals surface area contributed by atoms with Crippen molar-refractivity contribution in [3.8, 4) is 12.2 Å². The molecule has 0 saturated carbocycles. The van der Waals surface area contributed by atoms with Gasteiger partial charge in [-0.2, -0.15) is 0 Å². The number of benzene rings is 2. The maximum Gasteiger partial charge on any atom is 0.345 e. The number of hydrogen-bond acceptors (Lipinski definition) is 6. The van der Waals surface area contributed by atoms with Crippen LogP contribution >= 0.6 is 0 Å². The zero-order valence-electron chi connectivity index (χ0n) is 22.3. The van der Waals surface area contributed by atoms with Gasteiger partial charge in [0.2, 0.25) is 0 Å². The van der Waals surface area contributed by atoms with Crippen LogP contribution < -0.4 is 10.6 Å². The number of rotatable bonds is 5. The first-order valence-electron chi connectivity index (χ1n) is 13.0. The van der Waals surface area contributed by atoms with Crippen LogP contribution in [0.2, 0.25) is 0 Å². The fourth-order valence-electron chi connectivity index (χ4n) is 4.06. The summed E-state index contributed by atoms with van der Waals surface area (Å²) in [5, 5.41) is 5.59. The van der Waals surface area contributed by atoms with E-state index in [1.54, 1.807) is 48.5 Å². The van der Waals surface area contributed by atoms with Crippen LogP contribution in [-0.2, 0) is 19.1 Å². The highest BCUT2D eigenvalue weighted by atomic mass is 16.6. The summed E-state index contributed by atoms with van der Waals surface area (Å²) < 4.78 is 9.69. The molecule has 0 saturated heterocycles. The van der Waals surface area contributed by atoms with E-state index in [1.165, 1.54) is 25.0 Å². The van der Waals surface area contributed by atoms with E-state index in [2.05, 4.69) is 36.7 Å². The van der Waals surface area contributed by atoms with Crippen molar-refractivity contribution < 1.29 is 28.7 Å². The van der Waals surface area contributed by atoms with E-state index in [-0.39, 0.29) is 24.4 Å². The molecule has 0 spiro atoms. The van der Waals surface area contributed by atoms with Crippen LogP contribution in [0, 0.1) is 12.2 Å². The second-order valence-electron chi connectivity index (χ2n) is 8.90. The first kappa shape index (κ1) is 28.9. The molecule has 0 aromatic heterocycles. The highest BCUT2D eigenvalue weighted by Gasteiger charge is 2.28. The summed E-state index contributed by atoms with van der Waals surface area (Å²) in [5.74, 6) is -1.92. The smallest absolute Gasteiger partial charge is 0.345 e. The minimum Gasteiger partial charge on any atom is -0.365 e. The van der Waals surface area contributed by atoms with Gasteiger partial charge in [-0.1, -0.05) is 76.4 Å². The van der Waals surface area contributed by atoms with Crippen LogP contribution in [0.15, 0.2) is 60.7 Å². The molecule has 39 heavy (non-hydrogen) atoms. The van der Waals surface area contributed by atoms with Gasteiger partial charge < -0.3 is 20.1 Å². The van der Waals surface area contributed by atoms with Crippen LogP contribution in [0.25, 0.3) is 11.1 Å². The van der Waals surface area contributed by atoms with E-state index in [4.69, 9.17) is 9.47 Å². The molecule has 2 aromatic rings. The molecule has 0 fully saturated rings. The Labute approximate surface area is 228 Å². The van der Waals surface area contributed by atoms with E-state index in [0.29, 0.717) is 39.8 Å². The number of hydrogen-bond donors (Lipinski definition) is 2. The first-order valence-corrected chi connectivity index (χ1v) is 13.0. The zero-order chi connectivity index (χ0) is 28.2. The maximum atomic E-state index is 12.4. The van der Waals surface area contributed by atoms with Gasteiger partial charge in [0.1, 0.15) is 0 Å². The Morgan fingerprint density at radius 1 is 0.795 bits per heavy atom. The molecule has 2 heterocycles. The average molecular weight is 529 g/mol. The monoisotopic (exact) mass is 528 g/mol. The van der Waals surface area contributed by atoms with Crippen molar-refractivity contribution in [2.45, 2.75) is 52.5 Å². The number of amides is 2. The van der Waals surface area contributed by atoms with Crippen LogP contribution in [0.1, 0.15) is 78.3 Å². The Morgan fingerprint density at radius 2 is 1.33 bits per heavy atom. The summed E-state index contributed by atoms with van der Waals surface area (Å²) in [5.41, 5.74) is 3.46. The molecule has 2 aliphatic rings. The van der Waals surface area contributed by atoms with Gasteiger partial charge in [0.05, 0.1) is 6.04 Å². The highest BCUT2D eigenvalue weighted by molar-refractivity contribution is 6.07. The summed E-state index contributed by atoms with van der Waals surface area (Å²) >= 11 is 0. The lowest BCUT2D eigenvalue weighted by atomic mass is 9.87. The normalized spacial score (nSPS) is 17.3. The van der Waals surface area contributed by atoms with E-state index in [0.717, 1.165) is 6.42 Å². The summed E-state index contributed by atoms with van der Waals surface area (Å²) in [4.78, 5) is 48.8. The maximum absolute atomic E-state index is 12.4. The molecule has 2 N–H and O–H groups in total. The Bertz CT molecular complexity index is 1360. The van der Waals surface area contributed by atoms with Crippen LogP contribution in [0.3, 0.4) is 0 Å². The molecule has 1 atom stereocenters. The molecule has 8 nitrogen and oxygen atoms in total. The third-order valence-electron chi connectivity index (χ3n) is 6.11. The minimum absolute atomic E-state index is 0.178. The van der Waals surface area contributed by atoms with Gasteiger partial charge in [0.25, 0.3) is 11.8 Å². The first-order chi connectivity index (χ1) is 18.9. The largest absolute Gasteiger partial charge is 0.365 e. The standard InChI is InChI=1S/C27H22N2O6.C4H10/c1-2-7-23-22(19-9-4-6-11-21(19)27(33)29-23)15-25(31)35-13-12-34-24(30)14-17-16-28-26(32)20-10-5-3-8-18(17)20;1-3-4-2/h3-6,8-11,14-15,23H,2,7,16H2,1H3,(H,28,32)(H,29,33);3-4H2,1-2H3/b17-14+,22-15-;/t23-;/m0./s1. The SMILES string of the molecule is CCCC.CCC[C@@H]1NC(=O)c2ccccc2/C1=C/C(=O)OC#COC(=O)/C=C1\CNC(=O)c2ccccc21. The minimum atomic E-state index is -0.764. The van der Waals surface area contributed by atoms with Crippen molar-refractivity contribution in [3.05, 3.63) is 82.9 Å². The third-order valence-corrected chi connectivity index (χ3v) is 6.11. The molecule has 8 heteroatoms. The lowest BCUT2D eigenvalue weighted by Gasteiger charge is -2.28. The number of ether oxygens (including phenoxy) is 2. The van der Waals surface area contributed by atoms with Crippen molar-refractivity contribution in [1.29, 1.82) is 0 Å². The predicted octanol–water partition coefficient (Wildman–Crippen LogP) is 4.62. The molecule has 0 aliphatic carbocycles. The summed E-state index contributed by atoms with van der Waals surface area (Å²) in [6, 6.07) is 13.6. The Morgan fingerprint density at radius 3 is 1.92 bits per heavy atom. The lowest BCUT2D eigenvalue weighted by Crippen LogP contribution is -2.40. The topological polar surface area (TPSA) is 111 Å². The molecule has 2 aromatic carbocycles. The van der Waals surface area contributed by atoms with Gasteiger partial charge in [-0.25, -0.2) is 9.59 Å². The second-order valence-corrected chi connectivity index (χ2v) is 8.90. The van der Waals surface area contributed by atoms with Gasteiger partial charge in [-0.05, 0) is 40.8 Å². The molecule has 0 radical (unpaired) electrons. The van der Waals surface area contributed by atoms with Gasteiger partial charge in [-0.15, -0.1) is 0 Å². The van der Waals surface area contributed by atoms with E-state index < -0.39 is 11.9 Å². The summed E-state index contributed by atoms with van der Waals surface area (Å²) in [7, 11) is 0. The number of unbranched alkanes of at least 4 members (excludes halogenated alkanes) is 1. The van der Waals surface area contributed by atoms with Gasteiger partial charge in [0.15, 0.2) is 12.2 Å². The molecule has 202 valence electrons. The molecule has 0 unspecified atom stereocenters. The Hall–Kier alpha value is -4.64.